The fourth-order valence-electron chi connectivity index (χ4n) is 4.47. The Bertz CT molecular complexity index is 1230. The fraction of sp³-hybridized carbons (Fsp3) is 0.407. The highest BCUT2D eigenvalue weighted by atomic mass is 19.1. The molecule has 0 atom stereocenters. The van der Waals surface area contributed by atoms with Crippen molar-refractivity contribution in [2.75, 3.05) is 46.1 Å². The van der Waals surface area contributed by atoms with E-state index >= 15 is 0 Å². The Kier molecular flexibility index (Phi) is 7.91. The zero-order chi connectivity index (χ0) is 25.8. The Balaban J connectivity index is 1.55. The van der Waals surface area contributed by atoms with Gasteiger partial charge in [0.1, 0.15) is 11.5 Å². The Labute approximate surface area is 212 Å². The number of fused-ring (bicyclic) bond motifs is 1. The van der Waals surface area contributed by atoms with Crippen LogP contribution in [0.25, 0.3) is 5.57 Å². The quantitative estimate of drug-likeness (QED) is 0.519. The first-order valence-corrected chi connectivity index (χ1v) is 12.3. The Morgan fingerprint density at radius 1 is 1.22 bits per heavy atom. The van der Waals surface area contributed by atoms with E-state index in [2.05, 4.69) is 64.4 Å². The minimum absolute atomic E-state index is 0.183. The number of halogens is 1. The van der Waals surface area contributed by atoms with Gasteiger partial charge in [0, 0.05) is 62.2 Å². The van der Waals surface area contributed by atoms with Gasteiger partial charge in [-0.1, -0.05) is 26.0 Å². The summed E-state index contributed by atoms with van der Waals surface area (Å²) in [5.74, 6) is 0.592. The average Bonchev–Trinajstić information content (AvgIpc) is 2.85. The molecule has 0 saturated carbocycles. The topological polar surface area (TPSA) is 93.1 Å². The summed E-state index contributed by atoms with van der Waals surface area (Å²) >= 11 is 0. The summed E-state index contributed by atoms with van der Waals surface area (Å²) in [6.07, 6.45) is 7.25. The molecule has 36 heavy (non-hydrogen) atoms. The number of anilines is 2. The minimum atomic E-state index is -0.518. The highest BCUT2D eigenvalue weighted by Gasteiger charge is 2.20. The normalized spacial score (nSPS) is 17.3. The molecule has 0 fully saturated rings. The molecule has 0 bridgehead atoms. The van der Waals surface area contributed by atoms with E-state index in [0.717, 1.165) is 49.6 Å². The lowest BCUT2D eigenvalue weighted by molar-refractivity contribution is 0.224. The van der Waals surface area contributed by atoms with E-state index in [0.29, 0.717) is 17.1 Å². The summed E-state index contributed by atoms with van der Waals surface area (Å²) in [6, 6.07) is 4.02. The lowest BCUT2D eigenvalue weighted by atomic mass is 9.93. The van der Waals surface area contributed by atoms with Gasteiger partial charge in [-0.25, -0.2) is 19.3 Å². The summed E-state index contributed by atoms with van der Waals surface area (Å²) in [4.78, 5) is 18.0. The fourth-order valence-corrected chi connectivity index (χ4v) is 4.47. The number of rotatable bonds is 8. The van der Waals surface area contributed by atoms with Crippen molar-refractivity contribution < 1.29 is 4.39 Å². The molecule has 0 amide bonds. The van der Waals surface area contributed by atoms with Crippen LogP contribution in [0.15, 0.2) is 47.8 Å². The lowest BCUT2D eigenvalue weighted by Crippen LogP contribution is -2.36. The molecule has 190 valence electrons. The molecular weight excluding hydrogens is 455 g/mol. The standard InChI is InChI=1S/C27H35FN8/c1-17(2)25(30-3)20-14-18(6-8-22(20)29)26-21(28)15-31-27(34-26)33-24-9-7-19-16-36(13-12-35(4)5)11-10-23(19)32-24/h6-9,14-15,17,29-30H,10-13,16H2,1-5H3,(H,31,32,33,34)/b25-20-,29-22?. The molecule has 3 heterocycles. The van der Waals surface area contributed by atoms with Gasteiger partial charge in [0.15, 0.2) is 5.82 Å². The van der Waals surface area contributed by atoms with Crippen LogP contribution in [0.1, 0.15) is 30.8 Å². The number of allylic oxidation sites excluding steroid dienone is 6. The third kappa shape index (κ3) is 5.85. The van der Waals surface area contributed by atoms with Crippen molar-refractivity contribution in [2.45, 2.75) is 26.8 Å². The molecule has 2 aliphatic rings. The summed E-state index contributed by atoms with van der Waals surface area (Å²) in [5.41, 5.74) is 5.11. The third-order valence-electron chi connectivity index (χ3n) is 6.40. The lowest BCUT2D eigenvalue weighted by Gasteiger charge is -2.29. The van der Waals surface area contributed by atoms with Crippen molar-refractivity contribution in [3.8, 4) is 0 Å². The van der Waals surface area contributed by atoms with E-state index in [1.54, 1.807) is 12.2 Å². The van der Waals surface area contributed by atoms with Crippen molar-refractivity contribution in [1.29, 1.82) is 5.41 Å². The molecule has 4 rings (SSSR count). The predicted octanol–water partition coefficient (Wildman–Crippen LogP) is 3.78. The smallest absolute Gasteiger partial charge is 0.229 e. The largest absolute Gasteiger partial charge is 0.391 e. The van der Waals surface area contributed by atoms with Gasteiger partial charge in [-0.2, -0.15) is 0 Å². The molecule has 3 N–H and O–H groups in total. The van der Waals surface area contributed by atoms with E-state index < -0.39 is 5.82 Å². The maximum atomic E-state index is 14.8. The van der Waals surface area contributed by atoms with Crippen molar-refractivity contribution in [3.05, 3.63) is 70.6 Å². The van der Waals surface area contributed by atoms with Gasteiger partial charge in [0.05, 0.1) is 11.9 Å². The van der Waals surface area contributed by atoms with Gasteiger partial charge in [-0.15, -0.1) is 0 Å². The molecule has 0 aromatic carbocycles. The first-order chi connectivity index (χ1) is 17.2. The van der Waals surface area contributed by atoms with Crippen molar-refractivity contribution in [3.63, 3.8) is 0 Å². The molecule has 2 aromatic rings. The molecule has 0 saturated heterocycles. The van der Waals surface area contributed by atoms with Crippen LogP contribution in [0.5, 0.6) is 0 Å². The highest BCUT2D eigenvalue weighted by Crippen LogP contribution is 2.28. The van der Waals surface area contributed by atoms with Gasteiger partial charge in [-0.05, 0) is 43.8 Å². The van der Waals surface area contributed by atoms with Crippen molar-refractivity contribution >= 4 is 23.1 Å². The number of nitrogens with zero attached hydrogens (tertiary/aromatic N) is 5. The van der Waals surface area contributed by atoms with Crippen LogP contribution in [0.4, 0.5) is 16.2 Å². The SMILES string of the molecule is CN/C(=C1/C=C(c2nc(Nc3ccc4c(n3)CCN(CCN(C)C)C4)ncc2F)C=CC1=N)C(C)C. The average molecular weight is 491 g/mol. The number of aromatic nitrogens is 3. The zero-order valence-electron chi connectivity index (χ0n) is 21.7. The van der Waals surface area contributed by atoms with E-state index in [9.17, 15) is 4.39 Å². The highest BCUT2D eigenvalue weighted by molar-refractivity contribution is 6.13. The number of hydrogen-bond donors (Lipinski definition) is 3. The van der Waals surface area contributed by atoms with Crippen LogP contribution >= 0.6 is 0 Å². The predicted molar refractivity (Wildman–Crippen MR) is 143 cm³/mol. The monoisotopic (exact) mass is 490 g/mol. The maximum absolute atomic E-state index is 14.8. The van der Waals surface area contributed by atoms with Crippen molar-refractivity contribution in [1.82, 2.24) is 30.1 Å². The summed E-state index contributed by atoms with van der Waals surface area (Å²) in [7, 11) is 6.02. The second kappa shape index (κ2) is 11.1. The number of pyridine rings is 1. The van der Waals surface area contributed by atoms with Gasteiger partial charge in [-0.3, -0.25) is 4.90 Å². The van der Waals surface area contributed by atoms with Crippen LogP contribution in [0, 0.1) is 17.1 Å². The van der Waals surface area contributed by atoms with Crippen molar-refractivity contribution in [2.24, 2.45) is 5.92 Å². The first kappa shape index (κ1) is 25.7. The van der Waals surface area contributed by atoms with E-state index in [1.165, 1.54) is 11.8 Å². The van der Waals surface area contributed by atoms with Crippen LogP contribution in [-0.2, 0) is 13.0 Å². The van der Waals surface area contributed by atoms with Crippen LogP contribution in [-0.4, -0.2) is 71.2 Å². The molecule has 1 aliphatic carbocycles. The van der Waals surface area contributed by atoms with Gasteiger partial charge < -0.3 is 20.9 Å². The van der Waals surface area contributed by atoms with Gasteiger partial charge >= 0.3 is 0 Å². The molecule has 0 radical (unpaired) electrons. The van der Waals surface area contributed by atoms with E-state index in [-0.39, 0.29) is 17.6 Å². The molecule has 0 spiro atoms. The molecule has 8 nitrogen and oxygen atoms in total. The molecule has 2 aromatic heterocycles. The first-order valence-electron chi connectivity index (χ1n) is 12.3. The van der Waals surface area contributed by atoms with Crippen LogP contribution in [0.3, 0.4) is 0 Å². The van der Waals surface area contributed by atoms with E-state index in [4.69, 9.17) is 10.4 Å². The van der Waals surface area contributed by atoms with Crippen LogP contribution in [0.2, 0.25) is 0 Å². The number of nitrogens with one attached hydrogen (secondary N) is 3. The number of hydrogen-bond acceptors (Lipinski definition) is 8. The van der Waals surface area contributed by atoms with Gasteiger partial charge in [0.2, 0.25) is 5.95 Å². The van der Waals surface area contributed by atoms with Crippen LogP contribution < -0.4 is 10.6 Å². The zero-order valence-corrected chi connectivity index (χ0v) is 21.7. The van der Waals surface area contributed by atoms with E-state index in [1.807, 2.05) is 19.2 Å². The minimum Gasteiger partial charge on any atom is -0.391 e. The summed E-state index contributed by atoms with van der Waals surface area (Å²) in [6.45, 7) is 8.04. The second-order valence-corrected chi connectivity index (χ2v) is 9.73. The summed E-state index contributed by atoms with van der Waals surface area (Å²) in [5, 5.41) is 14.6. The molecular formula is C27H35FN8. The maximum Gasteiger partial charge on any atom is 0.229 e. The molecule has 1 aliphatic heterocycles. The van der Waals surface area contributed by atoms with Gasteiger partial charge in [0.25, 0.3) is 0 Å². The Morgan fingerprint density at radius 3 is 2.75 bits per heavy atom. The third-order valence-corrected chi connectivity index (χ3v) is 6.40. The molecule has 0 unspecified atom stereocenters. The number of likely N-dealkylation sites (N-methyl/N-ethyl adjacent to an activating group) is 1. The second-order valence-electron chi connectivity index (χ2n) is 9.73. The summed E-state index contributed by atoms with van der Waals surface area (Å²) < 4.78 is 14.8. The molecule has 9 heteroatoms. The Hall–Kier alpha value is -3.43. The Morgan fingerprint density at radius 2 is 2.03 bits per heavy atom.